The van der Waals surface area contributed by atoms with Gasteiger partial charge >= 0.3 is 0 Å². The van der Waals surface area contributed by atoms with Crippen molar-refractivity contribution < 1.29 is 0 Å². The highest BCUT2D eigenvalue weighted by molar-refractivity contribution is 5.28. The first-order valence-corrected chi connectivity index (χ1v) is 7.02. The molecule has 0 aromatic carbocycles. The number of nitrogens with zero attached hydrogens (tertiary/aromatic N) is 2. The lowest BCUT2D eigenvalue weighted by Crippen LogP contribution is -2.14. The average Bonchev–Trinajstić information content (AvgIpc) is 2.59. The molecular weight excluding hydrogens is 222 g/mol. The van der Waals surface area contributed by atoms with Crippen molar-refractivity contribution in [1.82, 2.24) is 9.55 Å². The van der Waals surface area contributed by atoms with Crippen molar-refractivity contribution in [1.29, 1.82) is 0 Å². The largest absolute Gasteiger partial charge is 0.355 e. The number of aromatic nitrogens is 2. The van der Waals surface area contributed by atoms with E-state index in [1.807, 2.05) is 6.20 Å². The molecule has 0 radical (unpaired) electrons. The van der Waals surface area contributed by atoms with Gasteiger partial charge in [-0.2, -0.15) is 0 Å². The Kier molecular flexibility index (Phi) is 3.20. The molecule has 1 heterocycles. The van der Waals surface area contributed by atoms with E-state index < -0.39 is 0 Å². The lowest BCUT2D eigenvalue weighted by molar-refractivity contribution is 0.457. The maximum Gasteiger partial charge on any atom is 0.202 e. The predicted molar refractivity (Wildman–Crippen MR) is 76.6 cm³/mol. The van der Waals surface area contributed by atoms with Gasteiger partial charge in [0.05, 0.1) is 0 Å². The molecule has 0 unspecified atom stereocenters. The second kappa shape index (κ2) is 4.29. The molecule has 102 valence electrons. The van der Waals surface area contributed by atoms with Gasteiger partial charge in [0.2, 0.25) is 5.95 Å². The molecule has 0 saturated heterocycles. The van der Waals surface area contributed by atoms with E-state index in [4.69, 9.17) is 0 Å². The molecular formula is C15H27N3. The molecule has 0 atom stereocenters. The van der Waals surface area contributed by atoms with Crippen molar-refractivity contribution in [3.8, 4) is 0 Å². The van der Waals surface area contributed by atoms with E-state index in [2.05, 4.69) is 62.6 Å². The van der Waals surface area contributed by atoms with Crippen molar-refractivity contribution in [2.45, 2.75) is 48.1 Å². The highest BCUT2D eigenvalue weighted by Gasteiger charge is 2.64. The Labute approximate surface area is 111 Å². The Balaban J connectivity index is 1.94. The molecule has 18 heavy (non-hydrogen) atoms. The van der Waals surface area contributed by atoms with E-state index in [1.54, 1.807) is 0 Å². The van der Waals surface area contributed by atoms with E-state index >= 15 is 0 Å². The van der Waals surface area contributed by atoms with Crippen LogP contribution in [0.4, 0.5) is 5.95 Å². The van der Waals surface area contributed by atoms with Gasteiger partial charge in [-0.1, -0.05) is 41.5 Å². The summed E-state index contributed by atoms with van der Waals surface area (Å²) in [6.07, 6.45) is 3.94. The predicted octanol–water partition coefficient (Wildman–Crippen LogP) is 3.63. The van der Waals surface area contributed by atoms with Crippen LogP contribution in [0.25, 0.3) is 0 Å². The minimum atomic E-state index is 0.440. The van der Waals surface area contributed by atoms with Gasteiger partial charge < -0.3 is 9.88 Å². The fourth-order valence-corrected chi connectivity index (χ4v) is 3.05. The normalized spacial score (nSPS) is 21.3. The third-order valence-corrected chi connectivity index (χ3v) is 5.06. The number of imidazole rings is 1. The molecule has 1 aliphatic rings. The number of hydrogen-bond acceptors (Lipinski definition) is 2. The summed E-state index contributed by atoms with van der Waals surface area (Å²) in [7, 11) is 0. The zero-order chi connectivity index (χ0) is 13.6. The van der Waals surface area contributed by atoms with Crippen LogP contribution in [0, 0.1) is 22.7 Å². The van der Waals surface area contributed by atoms with Gasteiger partial charge in [-0.25, -0.2) is 4.98 Å². The van der Waals surface area contributed by atoms with E-state index in [-0.39, 0.29) is 0 Å². The van der Waals surface area contributed by atoms with Crippen LogP contribution in [0.15, 0.2) is 12.4 Å². The number of anilines is 1. The smallest absolute Gasteiger partial charge is 0.202 e. The van der Waals surface area contributed by atoms with Crippen LogP contribution >= 0.6 is 0 Å². The van der Waals surface area contributed by atoms with E-state index in [0.717, 1.165) is 25.0 Å². The molecule has 1 aromatic rings. The Morgan fingerprint density at radius 1 is 1.28 bits per heavy atom. The Hall–Kier alpha value is -0.990. The summed E-state index contributed by atoms with van der Waals surface area (Å²) in [6.45, 7) is 16.0. The maximum atomic E-state index is 4.42. The first-order chi connectivity index (χ1) is 8.26. The molecule has 3 heteroatoms. The average molecular weight is 249 g/mol. The highest BCUT2D eigenvalue weighted by Crippen LogP contribution is 2.68. The van der Waals surface area contributed by atoms with Crippen LogP contribution in [0.3, 0.4) is 0 Å². The standard InChI is InChI=1S/C15H27N3/c1-11(2)10-18-8-7-16-13(18)17-9-12-14(3,4)15(12,5)6/h7-8,11-12H,9-10H2,1-6H3,(H,16,17). The summed E-state index contributed by atoms with van der Waals surface area (Å²) in [5.41, 5.74) is 0.880. The van der Waals surface area contributed by atoms with Gasteiger partial charge in [0, 0.05) is 25.5 Å². The fourth-order valence-electron chi connectivity index (χ4n) is 3.05. The molecule has 2 rings (SSSR count). The lowest BCUT2D eigenvalue weighted by Gasteiger charge is -2.12. The van der Waals surface area contributed by atoms with Crippen LogP contribution in [0.2, 0.25) is 0 Å². The molecule has 1 aromatic heterocycles. The summed E-state index contributed by atoms with van der Waals surface area (Å²) in [5.74, 6) is 2.39. The van der Waals surface area contributed by atoms with Crippen molar-refractivity contribution in [2.75, 3.05) is 11.9 Å². The van der Waals surface area contributed by atoms with Crippen LogP contribution in [-0.4, -0.2) is 16.1 Å². The van der Waals surface area contributed by atoms with Crippen LogP contribution in [0.5, 0.6) is 0 Å². The fraction of sp³-hybridized carbons (Fsp3) is 0.800. The Morgan fingerprint density at radius 2 is 1.89 bits per heavy atom. The topological polar surface area (TPSA) is 29.9 Å². The molecule has 1 aliphatic carbocycles. The van der Waals surface area contributed by atoms with Gasteiger partial charge in [0.25, 0.3) is 0 Å². The molecule has 1 fully saturated rings. The number of nitrogens with one attached hydrogen (secondary N) is 1. The summed E-state index contributed by atoms with van der Waals surface area (Å²) >= 11 is 0. The van der Waals surface area contributed by atoms with Crippen molar-refractivity contribution in [3.63, 3.8) is 0 Å². The molecule has 1 N–H and O–H groups in total. The van der Waals surface area contributed by atoms with Gasteiger partial charge in [0.15, 0.2) is 0 Å². The maximum absolute atomic E-state index is 4.42. The quantitative estimate of drug-likeness (QED) is 0.863. The van der Waals surface area contributed by atoms with Crippen LogP contribution < -0.4 is 5.32 Å². The summed E-state index contributed by atoms with van der Waals surface area (Å²) in [5, 5.41) is 3.52. The summed E-state index contributed by atoms with van der Waals surface area (Å²) in [4.78, 5) is 4.42. The van der Waals surface area contributed by atoms with Gasteiger partial charge in [0.1, 0.15) is 0 Å². The Morgan fingerprint density at radius 3 is 2.39 bits per heavy atom. The number of hydrogen-bond donors (Lipinski definition) is 1. The zero-order valence-electron chi connectivity index (χ0n) is 12.6. The SMILES string of the molecule is CC(C)Cn1ccnc1NCC1C(C)(C)C1(C)C. The first-order valence-electron chi connectivity index (χ1n) is 7.02. The molecule has 0 bridgehead atoms. The molecule has 0 aliphatic heterocycles. The number of rotatable bonds is 5. The van der Waals surface area contributed by atoms with Crippen molar-refractivity contribution in [2.24, 2.45) is 22.7 Å². The van der Waals surface area contributed by atoms with E-state index in [1.165, 1.54) is 0 Å². The molecule has 0 amide bonds. The van der Waals surface area contributed by atoms with E-state index in [9.17, 15) is 0 Å². The molecule has 0 spiro atoms. The lowest BCUT2D eigenvalue weighted by atomic mass is 10.0. The second-order valence-electron chi connectivity index (χ2n) is 7.17. The van der Waals surface area contributed by atoms with E-state index in [0.29, 0.717) is 16.7 Å². The summed E-state index contributed by atoms with van der Waals surface area (Å²) < 4.78 is 2.22. The minimum Gasteiger partial charge on any atom is -0.355 e. The van der Waals surface area contributed by atoms with Crippen molar-refractivity contribution in [3.05, 3.63) is 12.4 Å². The first kappa shape index (κ1) is 13.4. The van der Waals surface area contributed by atoms with Gasteiger partial charge in [-0.15, -0.1) is 0 Å². The Bertz CT molecular complexity index is 401. The second-order valence-corrected chi connectivity index (χ2v) is 7.17. The van der Waals surface area contributed by atoms with Crippen LogP contribution in [-0.2, 0) is 6.54 Å². The third kappa shape index (κ3) is 2.15. The van der Waals surface area contributed by atoms with Crippen LogP contribution in [0.1, 0.15) is 41.5 Å². The zero-order valence-corrected chi connectivity index (χ0v) is 12.6. The molecule has 3 nitrogen and oxygen atoms in total. The highest BCUT2D eigenvalue weighted by atomic mass is 15.2. The van der Waals surface area contributed by atoms with Gasteiger partial charge in [-0.3, -0.25) is 0 Å². The minimum absolute atomic E-state index is 0.440. The summed E-state index contributed by atoms with van der Waals surface area (Å²) in [6, 6.07) is 0. The third-order valence-electron chi connectivity index (χ3n) is 5.06. The molecule has 1 saturated carbocycles. The van der Waals surface area contributed by atoms with Crippen molar-refractivity contribution >= 4 is 5.95 Å². The monoisotopic (exact) mass is 249 g/mol. The van der Waals surface area contributed by atoms with Gasteiger partial charge in [-0.05, 0) is 22.7 Å².